The van der Waals surface area contributed by atoms with Crippen molar-refractivity contribution < 1.29 is 18.4 Å². The zero-order chi connectivity index (χ0) is 21.7. The molecular formula is C22H19BrFN3O3. The fraction of sp³-hybridized carbons (Fsp3) is 0.136. The number of benzene rings is 2. The van der Waals surface area contributed by atoms with E-state index in [1.807, 2.05) is 19.9 Å². The van der Waals surface area contributed by atoms with Crippen molar-refractivity contribution in [2.75, 3.05) is 5.32 Å². The summed E-state index contributed by atoms with van der Waals surface area (Å²) in [5.41, 5.74) is 2.83. The number of halogens is 2. The van der Waals surface area contributed by atoms with Gasteiger partial charge in [-0.2, -0.15) is 0 Å². The summed E-state index contributed by atoms with van der Waals surface area (Å²) in [5.74, 6) is -1.19. The molecule has 0 atom stereocenters. The van der Waals surface area contributed by atoms with Crippen LogP contribution in [0.1, 0.15) is 22.6 Å². The quantitative estimate of drug-likeness (QED) is 0.413. The van der Waals surface area contributed by atoms with Crippen molar-refractivity contribution in [3.05, 3.63) is 81.5 Å². The second kappa shape index (κ2) is 9.49. The Balaban J connectivity index is 1.54. The average molecular weight is 472 g/mol. The fourth-order valence-corrected chi connectivity index (χ4v) is 2.87. The van der Waals surface area contributed by atoms with Crippen LogP contribution in [0.2, 0.25) is 0 Å². The Morgan fingerprint density at radius 1 is 1.07 bits per heavy atom. The summed E-state index contributed by atoms with van der Waals surface area (Å²) in [5, 5.41) is 5.05. The van der Waals surface area contributed by atoms with Crippen molar-refractivity contribution in [3.8, 4) is 0 Å². The third-order valence-electron chi connectivity index (χ3n) is 4.32. The summed E-state index contributed by atoms with van der Waals surface area (Å²) < 4.78 is 19.9. The molecule has 0 aliphatic heterocycles. The molecule has 0 saturated heterocycles. The number of furan rings is 1. The molecule has 0 saturated carbocycles. The highest BCUT2D eigenvalue weighted by atomic mass is 79.9. The van der Waals surface area contributed by atoms with Crippen molar-refractivity contribution >= 4 is 45.3 Å². The number of anilines is 1. The highest BCUT2D eigenvalue weighted by Gasteiger charge is 2.14. The minimum atomic E-state index is -0.781. The van der Waals surface area contributed by atoms with Crippen molar-refractivity contribution in [1.82, 2.24) is 5.32 Å². The van der Waals surface area contributed by atoms with E-state index in [4.69, 9.17) is 4.42 Å². The maximum absolute atomic E-state index is 13.8. The van der Waals surface area contributed by atoms with Gasteiger partial charge in [-0.3, -0.25) is 9.59 Å². The second-order valence-electron chi connectivity index (χ2n) is 6.59. The SMILES string of the molecule is Cc1ccc(NC(=O)C(=O)NCc2ccc(C=Nc3ccc(Br)cc3F)o2)cc1C. The molecule has 8 heteroatoms. The molecule has 0 radical (unpaired) electrons. The predicted octanol–water partition coefficient (Wildman–Crippen LogP) is 4.80. The van der Waals surface area contributed by atoms with E-state index in [0.29, 0.717) is 21.7 Å². The number of amides is 2. The third kappa shape index (κ3) is 5.64. The van der Waals surface area contributed by atoms with Crippen molar-refractivity contribution in [2.45, 2.75) is 20.4 Å². The molecule has 0 aliphatic rings. The number of aryl methyl sites for hydroxylation is 2. The van der Waals surface area contributed by atoms with Crippen LogP contribution < -0.4 is 10.6 Å². The number of hydrogen-bond donors (Lipinski definition) is 2. The molecule has 30 heavy (non-hydrogen) atoms. The molecule has 154 valence electrons. The first-order chi connectivity index (χ1) is 14.3. The van der Waals surface area contributed by atoms with E-state index in [9.17, 15) is 14.0 Å². The second-order valence-corrected chi connectivity index (χ2v) is 7.51. The van der Waals surface area contributed by atoms with Gasteiger partial charge >= 0.3 is 11.8 Å². The molecule has 2 amide bonds. The van der Waals surface area contributed by atoms with Gasteiger partial charge in [0.15, 0.2) is 0 Å². The van der Waals surface area contributed by atoms with Crippen LogP contribution in [0.15, 0.2) is 62.4 Å². The lowest BCUT2D eigenvalue weighted by Crippen LogP contribution is -2.34. The van der Waals surface area contributed by atoms with Crippen LogP contribution in [-0.4, -0.2) is 18.0 Å². The largest absolute Gasteiger partial charge is 0.458 e. The first-order valence-electron chi connectivity index (χ1n) is 9.06. The number of aliphatic imine (C=N–C) groups is 1. The van der Waals surface area contributed by atoms with E-state index in [-0.39, 0.29) is 12.2 Å². The van der Waals surface area contributed by atoms with Crippen LogP contribution in [0.5, 0.6) is 0 Å². The van der Waals surface area contributed by atoms with Gasteiger partial charge in [0.2, 0.25) is 0 Å². The monoisotopic (exact) mass is 471 g/mol. The normalized spacial score (nSPS) is 10.9. The zero-order valence-corrected chi connectivity index (χ0v) is 17.9. The topological polar surface area (TPSA) is 83.7 Å². The van der Waals surface area contributed by atoms with Gasteiger partial charge < -0.3 is 15.1 Å². The molecule has 1 aromatic heterocycles. The zero-order valence-electron chi connectivity index (χ0n) is 16.3. The van der Waals surface area contributed by atoms with Gasteiger partial charge in [-0.25, -0.2) is 9.38 Å². The van der Waals surface area contributed by atoms with Crippen LogP contribution in [0.25, 0.3) is 0 Å². The number of nitrogens with zero attached hydrogens (tertiary/aromatic N) is 1. The number of nitrogens with one attached hydrogen (secondary N) is 2. The summed E-state index contributed by atoms with van der Waals surface area (Å²) in [6.07, 6.45) is 1.38. The lowest BCUT2D eigenvalue weighted by atomic mass is 10.1. The molecule has 0 bridgehead atoms. The summed E-state index contributed by atoms with van der Waals surface area (Å²) in [7, 11) is 0. The first-order valence-corrected chi connectivity index (χ1v) is 9.85. The molecule has 3 aromatic rings. The molecule has 2 N–H and O–H groups in total. The van der Waals surface area contributed by atoms with E-state index in [2.05, 4.69) is 31.6 Å². The summed E-state index contributed by atoms with van der Waals surface area (Å²) in [6.45, 7) is 3.92. The fourth-order valence-electron chi connectivity index (χ4n) is 2.53. The van der Waals surface area contributed by atoms with E-state index < -0.39 is 17.6 Å². The van der Waals surface area contributed by atoms with Gasteiger partial charge in [0.05, 0.1) is 18.4 Å². The molecule has 2 aromatic carbocycles. The standard InChI is InChI=1S/C22H19BrFN3O3/c1-13-3-5-16(9-14(13)2)27-22(29)21(28)26-12-18-7-6-17(30-18)11-25-20-8-4-15(23)10-19(20)24/h3-11H,12H2,1-2H3,(H,26,28)(H,27,29). The predicted molar refractivity (Wildman–Crippen MR) is 116 cm³/mol. The van der Waals surface area contributed by atoms with Gasteiger partial charge in [0.25, 0.3) is 0 Å². The number of rotatable bonds is 5. The van der Waals surface area contributed by atoms with Crippen LogP contribution in [0.4, 0.5) is 15.8 Å². The highest BCUT2D eigenvalue weighted by Crippen LogP contribution is 2.22. The maximum Gasteiger partial charge on any atom is 0.313 e. The van der Waals surface area contributed by atoms with Crippen LogP contribution >= 0.6 is 15.9 Å². The molecule has 6 nitrogen and oxygen atoms in total. The lowest BCUT2D eigenvalue weighted by Gasteiger charge is -2.07. The van der Waals surface area contributed by atoms with Gasteiger partial charge in [-0.05, 0) is 67.4 Å². The van der Waals surface area contributed by atoms with E-state index in [0.717, 1.165) is 11.1 Å². The third-order valence-corrected chi connectivity index (χ3v) is 4.81. The Kier molecular flexibility index (Phi) is 6.79. The highest BCUT2D eigenvalue weighted by molar-refractivity contribution is 9.10. The van der Waals surface area contributed by atoms with Gasteiger partial charge in [-0.15, -0.1) is 0 Å². The molecular weight excluding hydrogens is 453 g/mol. The van der Waals surface area contributed by atoms with Gasteiger partial charge in [-0.1, -0.05) is 22.0 Å². The molecule has 0 aliphatic carbocycles. The Morgan fingerprint density at radius 3 is 2.60 bits per heavy atom. The van der Waals surface area contributed by atoms with E-state index in [1.54, 1.807) is 30.3 Å². The van der Waals surface area contributed by atoms with Crippen molar-refractivity contribution in [3.63, 3.8) is 0 Å². The lowest BCUT2D eigenvalue weighted by molar-refractivity contribution is -0.136. The Labute approximate surface area is 181 Å². The number of carbonyl (C=O) groups is 2. The summed E-state index contributed by atoms with van der Waals surface area (Å²) in [6, 6.07) is 13.2. The maximum atomic E-state index is 13.8. The Morgan fingerprint density at radius 2 is 1.87 bits per heavy atom. The first kappa shape index (κ1) is 21.4. The van der Waals surface area contributed by atoms with Crippen molar-refractivity contribution in [1.29, 1.82) is 0 Å². The average Bonchev–Trinajstić information content (AvgIpc) is 3.16. The van der Waals surface area contributed by atoms with E-state index in [1.165, 1.54) is 18.3 Å². The van der Waals surface area contributed by atoms with Crippen molar-refractivity contribution in [2.24, 2.45) is 4.99 Å². The Hall–Kier alpha value is -3.26. The summed E-state index contributed by atoms with van der Waals surface area (Å²) in [4.78, 5) is 28.1. The molecule has 3 rings (SSSR count). The Bertz CT molecular complexity index is 1120. The minimum absolute atomic E-state index is 0.0274. The summed E-state index contributed by atoms with van der Waals surface area (Å²) >= 11 is 3.19. The van der Waals surface area contributed by atoms with E-state index >= 15 is 0 Å². The van der Waals surface area contributed by atoms with Crippen LogP contribution in [0, 0.1) is 19.7 Å². The molecule has 0 spiro atoms. The van der Waals surface area contributed by atoms with Gasteiger partial charge in [0.1, 0.15) is 17.3 Å². The van der Waals surface area contributed by atoms with Crippen LogP contribution in [0.3, 0.4) is 0 Å². The van der Waals surface area contributed by atoms with Crippen LogP contribution in [-0.2, 0) is 16.1 Å². The molecule has 0 unspecified atom stereocenters. The van der Waals surface area contributed by atoms with Gasteiger partial charge in [0, 0.05) is 10.2 Å². The minimum Gasteiger partial charge on any atom is -0.458 e. The number of carbonyl (C=O) groups excluding carboxylic acids is 2. The number of hydrogen-bond acceptors (Lipinski definition) is 4. The molecule has 1 heterocycles. The smallest absolute Gasteiger partial charge is 0.313 e. The molecule has 0 fully saturated rings.